The number of hydrogen-bond donors (Lipinski definition) is 2. The molecular weight excluding hydrogens is 310 g/mol. The van der Waals surface area contributed by atoms with Crippen LogP contribution in [0.4, 0.5) is 11.4 Å². The predicted octanol–water partition coefficient (Wildman–Crippen LogP) is 5.03. The number of aromatic nitrogens is 1. The van der Waals surface area contributed by atoms with Crippen LogP contribution >= 0.6 is 0 Å². The van der Waals surface area contributed by atoms with Gasteiger partial charge in [0.1, 0.15) is 0 Å². The Bertz CT molecular complexity index is 706. The summed E-state index contributed by atoms with van der Waals surface area (Å²) in [5, 5.41) is 6.57. The molecule has 0 bridgehead atoms. The Balaban J connectivity index is 1.68. The van der Waals surface area contributed by atoms with E-state index in [9.17, 15) is 4.79 Å². The van der Waals surface area contributed by atoms with Gasteiger partial charge in [0.2, 0.25) is 0 Å². The van der Waals surface area contributed by atoms with E-state index >= 15 is 0 Å². The van der Waals surface area contributed by atoms with E-state index in [4.69, 9.17) is 0 Å². The fourth-order valence-electron chi connectivity index (χ4n) is 3.45. The van der Waals surface area contributed by atoms with E-state index in [0.717, 1.165) is 23.4 Å². The van der Waals surface area contributed by atoms with E-state index in [0.29, 0.717) is 11.6 Å². The lowest BCUT2D eigenvalue weighted by atomic mass is 10.1. The van der Waals surface area contributed by atoms with Gasteiger partial charge < -0.3 is 10.6 Å². The van der Waals surface area contributed by atoms with Gasteiger partial charge in [-0.3, -0.25) is 9.78 Å². The van der Waals surface area contributed by atoms with Crippen molar-refractivity contribution >= 4 is 17.3 Å². The highest BCUT2D eigenvalue weighted by atomic mass is 16.1. The van der Waals surface area contributed by atoms with Crippen LogP contribution in [0.1, 0.15) is 61.4 Å². The first-order valence-corrected chi connectivity index (χ1v) is 9.37. The molecule has 1 fully saturated rings. The number of aryl methyl sites for hydroxylation is 1. The Hall–Kier alpha value is -2.36. The summed E-state index contributed by atoms with van der Waals surface area (Å²) in [6.45, 7) is 2.09. The number of carbonyl (C=O) groups excluding carboxylic acids is 1. The molecule has 0 radical (unpaired) electrons. The minimum Gasteiger partial charge on any atom is -0.381 e. The summed E-state index contributed by atoms with van der Waals surface area (Å²) in [5.41, 5.74) is 3.53. The largest absolute Gasteiger partial charge is 0.381 e. The van der Waals surface area contributed by atoms with Crippen LogP contribution in [0.2, 0.25) is 0 Å². The number of rotatable bonds is 5. The number of nitrogens with zero attached hydrogens (tertiary/aromatic N) is 1. The summed E-state index contributed by atoms with van der Waals surface area (Å²) in [4.78, 5) is 16.9. The average molecular weight is 337 g/mol. The molecule has 0 aliphatic heterocycles. The molecule has 0 saturated heterocycles. The van der Waals surface area contributed by atoms with Crippen molar-refractivity contribution in [2.45, 2.75) is 57.9 Å². The summed E-state index contributed by atoms with van der Waals surface area (Å²) in [6.07, 6.45) is 11.9. The minimum atomic E-state index is -0.113. The van der Waals surface area contributed by atoms with Gasteiger partial charge in [-0.25, -0.2) is 0 Å². The van der Waals surface area contributed by atoms with Gasteiger partial charge in [-0.15, -0.1) is 0 Å². The molecule has 2 N–H and O–H groups in total. The highest BCUT2D eigenvalue weighted by Gasteiger charge is 2.14. The van der Waals surface area contributed by atoms with E-state index < -0.39 is 0 Å². The first kappa shape index (κ1) is 17.5. The summed E-state index contributed by atoms with van der Waals surface area (Å²) in [5.74, 6) is -0.113. The standard InChI is InChI=1S/C21H27N3O/c1-2-16-9-7-8-12-20(16)24-21(25)17-13-19(15-22-14-17)23-18-10-5-3-4-6-11-18/h7-9,12-15,18,23H,2-6,10-11H2,1H3,(H,24,25). The normalized spacial score (nSPS) is 15.4. The molecule has 0 spiro atoms. The van der Waals surface area contributed by atoms with Crippen molar-refractivity contribution < 1.29 is 4.79 Å². The van der Waals surface area contributed by atoms with Gasteiger partial charge in [0.25, 0.3) is 5.91 Å². The summed E-state index contributed by atoms with van der Waals surface area (Å²) in [6, 6.07) is 10.3. The molecule has 0 atom stereocenters. The third-order valence-corrected chi connectivity index (χ3v) is 4.87. The molecule has 25 heavy (non-hydrogen) atoms. The van der Waals surface area contributed by atoms with Gasteiger partial charge in [0.15, 0.2) is 0 Å². The van der Waals surface area contributed by atoms with Crippen LogP contribution in [0.3, 0.4) is 0 Å². The number of amides is 1. The molecule has 1 saturated carbocycles. The van der Waals surface area contributed by atoms with E-state index in [1.807, 2.05) is 36.5 Å². The topological polar surface area (TPSA) is 54.0 Å². The number of benzene rings is 1. The molecule has 1 aromatic heterocycles. The van der Waals surface area contributed by atoms with Gasteiger partial charge in [-0.05, 0) is 37.0 Å². The molecule has 3 rings (SSSR count). The average Bonchev–Trinajstić information content (AvgIpc) is 2.91. The lowest BCUT2D eigenvalue weighted by Crippen LogP contribution is -2.19. The molecule has 1 aliphatic rings. The Morgan fingerprint density at radius 1 is 1.12 bits per heavy atom. The van der Waals surface area contributed by atoms with Crippen molar-refractivity contribution in [3.05, 3.63) is 53.9 Å². The van der Waals surface area contributed by atoms with Crippen molar-refractivity contribution in [1.29, 1.82) is 0 Å². The zero-order chi connectivity index (χ0) is 17.5. The molecule has 1 aromatic carbocycles. The monoisotopic (exact) mass is 337 g/mol. The molecular formula is C21H27N3O. The quantitative estimate of drug-likeness (QED) is 0.752. The zero-order valence-electron chi connectivity index (χ0n) is 14.9. The Kier molecular flexibility index (Phi) is 6.04. The number of carbonyl (C=O) groups is 1. The van der Waals surface area contributed by atoms with Crippen molar-refractivity contribution in [2.75, 3.05) is 10.6 Å². The third kappa shape index (κ3) is 4.81. The second-order valence-corrected chi connectivity index (χ2v) is 6.76. The molecule has 1 amide bonds. The van der Waals surface area contributed by atoms with E-state index in [2.05, 4.69) is 22.5 Å². The van der Waals surface area contributed by atoms with Crippen molar-refractivity contribution in [1.82, 2.24) is 4.98 Å². The Morgan fingerprint density at radius 2 is 1.88 bits per heavy atom. The molecule has 0 unspecified atom stereocenters. The predicted molar refractivity (Wildman–Crippen MR) is 103 cm³/mol. The van der Waals surface area contributed by atoms with Gasteiger partial charge in [0, 0.05) is 24.1 Å². The Labute approximate surface area is 150 Å². The fourth-order valence-corrected chi connectivity index (χ4v) is 3.45. The summed E-state index contributed by atoms with van der Waals surface area (Å²) in [7, 11) is 0. The molecule has 4 nitrogen and oxygen atoms in total. The van der Waals surface area contributed by atoms with Crippen LogP contribution in [0, 0.1) is 0 Å². The Morgan fingerprint density at radius 3 is 2.64 bits per heavy atom. The van der Waals surface area contributed by atoms with Crippen LogP contribution < -0.4 is 10.6 Å². The van der Waals surface area contributed by atoms with Crippen molar-refractivity contribution in [3.63, 3.8) is 0 Å². The van der Waals surface area contributed by atoms with E-state index in [-0.39, 0.29) is 5.91 Å². The fraction of sp³-hybridized carbons (Fsp3) is 0.429. The number of nitrogens with one attached hydrogen (secondary N) is 2. The minimum absolute atomic E-state index is 0.113. The second kappa shape index (κ2) is 8.65. The van der Waals surface area contributed by atoms with Crippen molar-refractivity contribution in [3.8, 4) is 0 Å². The summed E-state index contributed by atoms with van der Waals surface area (Å²) < 4.78 is 0. The van der Waals surface area contributed by atoms with Crippen LogP contribution in [0.25, 0.3) is 0 Å². The zero-order valence-corrected chi connectivity index (χ0v) is 14.9. The van der Waals surface area contributed by atoms with E-state index in [1.54, 1.807) is 6.20 Å². The maximum atomic E-state index is 12.6. The number of pyridine rings is 1. The molecule has 1 heterocycles. The van der Waals surface area contributed by atoms with Crippen LogP contribution in [0.15, 0.2) is 42.7 Å². The SMILES string of the molecule is CCc1ccccc1NC(=O)c1cncc(NC2CCCCCC2)c1. The lowest BCUT2D eigenvalue weighted by Gasteiger charge is -2.18. The van der Waals surface area contributed by atoms with Crippen molar-refractivity contribution in [2.24, 2.45) is 0 Å². The first-order valence-electron chi connectivity index (χ1n) is 9.37. The van der Waals surface area contributed by atoms with Gasteiger partial charge in [-0.1, -0.05) is 50.8 Å². The highest BCUT2D eigenvalue weighted by molar-refractivity contribution is 6.04. The van der Waals surface area contributed by atoms with Crippen LogP contribution in [-0.2, 0) is 6.42 Å². The number of para-hydroxylation sites is 1. The van der Waals surface area contributed by atoms with Crippen LogP contribution in [0.5, 0.6) is 0 Å². The molecule has 132 valence electrons. The smallest absolute Gasteiger partial charge is 0.257 e. The van der Waals surface area contributed by atoms with E-state index in [1.165, 1.54) is 38.5 Å². The third-order valence-electron chi connectivity index (χ3n) is 4.87. The van der Waals surface area contributed by atoms with Gasteiger partial charge >= 0.3 is 0 Å². The molecule has 4 heteroatoms. The van der Waals surface area contributed by atoms with Gasteiger partial charge in [-0.2, -0.15) is 0 Å². The summed E-state index contributed by atoms with van der Waals surface area (Å²) >= 11 is 0. The maximum absolute atomic E-state index is 12.6. The molecule has 2 aromatic rings. The second-order valence-electron chi connectivity index (χ2n) is 6.76. The molecule has 1 aliphatic carbocycles. The lowest BCUT2D eigenvalue weighted by molar-refractivity contribution is 0.102. The number of hydrogen-bond acceptors (Lipinski definition) is 3. The number of anilines is 2. The first-order chi connectivity index (χ1) is 12.3. The van der Waals surface area contributed by atoms with Crippen LogP contribution in [-0.4, -0.2) is 16.9 Å². The maximum Gasteiger partial charge on any atom is 0.257 e. The highest BCUT2D eigenvalue weighted by Crippen LogP contribution is 2.22. The van der Waals surface area contributed by atoms with Gasteiger partial charge in [0.05, 0.1) is 11.3 Å².